The van der Waals surface area contributed by atoms with Gasteiger partial charge in [0.05, 0.1) is 31.8 Å². The van der Waals surface area contributed by atoms with Crippen LogP contribution in [0.3, 0.4) is 0 Å². The van der Waals surface area contributed by atoms with Gasteiger partial charge in [0.2, 0.25) is 17.7 Å². The molecule has 2 aromatic heterocycles. The fourth-order valence-electron chi connectivity index (χ4n) is 1.42. The Balaban J connectivity index is 2.31. The predicted molar refractivity (Wildman–Crippen MR) is 76.2 cm³/mol. The van der Waals surface area contributed by atoms with Gasteiger partial charge in [-0.05, 0) is 6.07 Å². The topological polar surface area (TPSA) is 111 Å². The maximum absolute atomic E-state index is 12.2. The van der Waals surface area contributed by atoms with Crippen LogP contribution in [-0.4, -0.2) is 37.7 Å². The lowest BCUT2D eigenvalue weighted by Gasteiger charge is -2.08. The van der Waals surface area contributed by atoms with Gasteiger partial charge in [0, 0.05) is 10.3 Å². The smallest absolute Gasteiger partial charge is 0.265 e. The predicted octanol–water partition coefficient (Wildman–Crippen LogP) is 0.848. The van der Waals surface area contributed by atoms with Crippen molar-refractivity contribution in [2.45, 2.75) is 11.5 Å². The summed E-state index contributed by atoms with van der Waals surface area (Å²) in [5.74, 6) is 0.171. The van der Waals surface area contributed by atoms with Crippen LogP contribution in [-0.2, 0) is 16.6 Å². The van der Waals surface area contributed by atoms with Crippen molar-refractivity contribution >= 4 is 27.3 Å². The average Bonchev–Trinajstić information content (AvgIpc) is 2.96. The van der Waals surface area contributed by atoms with E-state index < -0.39 is 10.0 Å². The van der Waals surface area contributed by atoms with Crippen LogP contribution in [0.1, 0.15) is 4.88 Å². The molecule has 0 saturated heterocycles. The van der Waals surface area contributed by atoms with E-state index in [1.165, 1.54) is 31.7 Å². The fraction of sp³-hybridized carbons (Fsp3) is 0.273. The van der Waals surface area contributed by atoms with Crippen molar-refractivity contribution < 1.29 is 23.0 Å². The highest BCUT2D eigenvalue weighted by atomic mass is 32.2. The van der Waals surface area contributed by atoms with Gasteiger partial charge in [0.15, 0.2) is 0 Å². The first-order chi connectivity index (χ1) is 9.98. The van der Waals surface area contributed by atoms with Gasteiger partial charge in [-0.25, -0.2) is 13.1 Å². The van der Waals surface area contributed by atoms with Crippen molar-refractivity contribution in [3.8, 4) is 11.8 Å². The zero-order valence-electron chi connectivity index (χ0n) is 11.2. The monoisotopic (exact) mass is 331 g/mol. The van der Waals surface area contributed by atoms with Crippen molar-refractivity contribution in [3.63, 3.8) is 0 Å². The third kappa shape index (κ3) is 3.60. The van der Waals surface area contributed by atoms with E-state index >= 15 is 0 Å². The van der Waals surface area contributed by atoms with E-state index in [0.717, 1.165) is 11.3 Å². The van der Waals surface area contributed by atoms with Crippen molar-refractivity contribution in [2.75, 3.05) is 18.9 Å². The van der Waals surface area contributed by atoms with E-state index in [0.29, 0.717) is 4.88 Å². The van der Waals surface area contributed by atoms with Gasteiger partial charge in [0.1, 0.15) is 0 Å². The second-order valence-electron chi connectivity index (χ2n) is 3.79. The molecule has 0 atom stereocenters. The number of thiophene rings is 1. The van der Waals surface area contributed by atoms with Crippen LogP contribution in [0.15, 0.2) is 22.4 Å². The molecule has 0 bridgehead atoms. The van der Waals surface area contributed by atoms with E-state index in [-0.39, 0.29) is 29.2 Å². The maximum atomic E-state index is 12.2. The van der Waals surface area contributed by atoms with Gasteiger partial charge in [-0.1, -0.05) is 0 Å². The number of hydrogen-bond acceptors (Lipinski definition) is 8. The molecule has 114 valence electrons. The Morgan fingerprint density at radius 3 is 2.33 bits per heavy atom. The van der Waals surface area contributed by atoms with Crippen LogP contribution in [0.5, 0.6) is 11.8 Å². The number of anilines is 1. The Labute approximate surface area is 125 Å². The minimum absolute atomic E-state index is 0.0296. The molecule has 0 saturated carbocycles. The normalized spacial score (nSPS) is 11.2. The molecule has 0 spiro atoms. The average molecular weight is 331 g/mol. The van der Waals surface area contributed by atoms with Crippen LogP contribution < -0.4 is 14.2 Å². The number of hydrogen-bond donors (Lipinski definition) is 2. The first kappa shape index (κ1) is 15.5. The van der Waals surface area contributed by atoms with Gasteiger partial charge in [-0.15, -0.1) is 11.3 Å². The number of aromatic nitrogens is 2. The number of aliphatic hydroxyl groups excluding tert-OH is 1. The molecule has 0 unspecified atom stereocenters. The zero-order valence-corrected chi connectivity index (χ0v) is 12.9. The first-order valence-corrected chi connectivity index (χ1v) is 8.03. The number of nitrogens with one attached hydrogen (secondary N) is 1. The zero-order chi connectivity index (χ0) is 15.5. The van der Waals surface area contributed by atoms with Crippen LogP contribution in [0.25, 0.3) is 0 Å². The number of ether oxygens (including phenoxy) is 2. The Kier molecular flexibility index (Phi) is 4.60. The molecule has 2 aromatic rings. The summed E-state index contributed by atoms with van der Waals surface area (Å²) < 4.78 is 36.5. The van der Waals surface area contributed by atoms with Crippen LogP contribution >= 0.6 is 11.3 Å². The Bertz CT molecular complexity index is 707. The van der Waals surface area contributed by atoms with Crippen molar-refractivity contribution in [3.05, 3.63) is 22.4 Å². The van der Waals surface area contributed by atoms with Gasteiger partial charge in [-0.2, -0.15) is 9.97 Å². The number of methoxy groups -OCH3 is 2. The number of sulfonamides is 1. The molecule has 0 amide bonds. The SMILES string of the molecule is COc1cc(OC)nc(NS(=O)(=O)c2csc(CO)c2)n1. The fourth-order valence-corrected chi connectivity index (χ4v) is 3.50. The number of nitrogens with zero attached hydrogens (tertiary/aromatic N) is 2. The third-order valence-corrected chi connectivity index (χ3v) is 4.80. The standard InChI is InChI=1S/C11H13N3O5S2/c1-18-9-4-10(19-2)13-11(12-9)14-21(16,17)8-3-7(5-15)20-6-8/h3-4,6,15H,5H2,1-2H3,(H,12,13,14). The first-order valence-electron chi connectivity index (χ1n) is 5.66. The molecule has 0 radical (unpaired) electrons. The minimum atomic E-state index is -3.84. The maximum Gasteiger partial charge on any atom is 0.265 e. The van der Waals surface area contributed by atoms with Crippen molar-refractivity contribution in [1.29, 1.82) is 0 Å². The van der Waals surface area contributed by atoms with E-state index in [1.54, 1.807) is 0 Å². The Hall–Kier alpha value is -1.91. The summed E-state index contributed by atoms with van der Waals surface area (Å²) in [4.78, 5) is 8.35. The summed E-state index contributed by atoms with van der Waals surface area (Å²) >= 11 is 1.14. The van der Waals surface area contributed by atoms with Gasteiger partial charge >= 0.3 is 0 Å². The van der Waals surface area contributed by atoms with Crippen LogP contribution in [0.2, 0.25) is 0 Å². The Morgan fingerprint density at radius 2 is 1.86 bits per heavy atom. The third-order valence-electron chi connectivity index (χ3n) is 2.42. The summed E-state index contributed by atoms with van der Waals surface area (Å²) in [6.45, 7) is -0.219. The molecule has 0 fully saturated rings. The highest BCUT2D eigenvalue weighted by molar-refractivity contribution is 7.92. The minimum Gasteiger partial charge on any atom is -0.481 e. The summed E-state index contributed by atoms with van der Waals surface area (Å²) in [5, 5.41) is 10.4. The summed E-state index contributed by atoms with van der Waals surface area (Å²) in [7, 11) is -1.05. The lowest BCUT2D eigenvalue weighted by Crippen LogP contribution is -2.15. The molecule has 21 heavy (non-hydrogen) atoms. The molecular formula is C11H13N3O5S2. The molecule has 8 nitrogen and oxygen atoms in total. The lowest BCUT2D eigenvalue weighted by molar-refractivity contribution is 0.285. The highest BCUT2D eigenvalue weighted by Crippen LogP contribution is 2.23. The van der Waals surface area contributed by atoms with E-state index in [2.05, 4.69) is 14.7 Å². The summed E-state index contributed by atoms with van der Waals surface area (Å²) in [6, 6.07) is 2.80. The number of rotatable bonds is 6. The van der Waals surface area contributed by atoms with E-state index in [9.17, 15) is 8.42 Å². The van der Waals surface area contributed by atoms with Gasteiger partial charge in [-0.3, -0.25) is 0 Å². The summed E-state index contributed by atoms with van der Waals surface area (Å²) in [6.07, 6.45) is 0. The van der Waals surface area contributed by atoms with E-state index in [1.807, 2.05) is 0 Å². The number of aliphatic hydroxyl groups is 1. The van der Waals surface area contributed by atoms with Crippen molar-refractivity contribution in [2.24, 2.45) is 0 Å². The highest BCUT2D eigenvalue weighted by Gasteiger charge is 2.19. The van der Waals surface area contributed by atoms with Gasteiger partial charge in [0.25, 0.3) is 10.0 Å². The molecule has 0 aliphatic carbocycles. The molecule has 10 heteroatoms. The van der Waals surface area contributed by atoms with E-state index in [4.69, 9.17) is 14.6 Å². The second-order valence-corrected chi connectivity index (χ2v) is 6.47. The molecule has 2 N–H and O–H groups in total. The molecule has 0 aromatic carbocycles. The largest absolute Gasteiger partial charge is 0.481 e. The lowest BCUT2D eigenvalue weighted by atomic mass is 10.5. The van der Waals surface area contributed by atoms with Gasteiger partial charge < -0.3 is 14.6 Å². The molecular weight excluding hydrogens is 318 g/mol. The molecule has 2 heterocycles. The molecule has 0 aliphatic heterocycles. The van der Waals surface area contributed by atoms with Crippen LogP contribution in [0.4, 0.5) is 5.95 Å². The quantitative estimate of drug-likeness (QED) is 0.807. The summed E-state index contributed by atoms with van der Waals surface area (Å²) in [5.41, 5.74) is 0. The molecule has 2 rings (SSSR count). The Morgan fingerprint density at radius 1 is 1.24 bits per heavy atom. The second kappa shape index (κ2) is 6.24. The van der Waals surface area contributed by atoms with Crippen molar-refractivity contribution in [1.82, 2.24) is 9.97 Å². The van der Waals surface area contributed by atoms with Crippen LogP contribution in [0, 0.1) is 0 Å². The molecule has 0 aliphatic rings.